The predicted octanol–water partition coefficient (Wildman–Crippen LogP) is 2.58. The summed E-state index contributed by atoms with van der Waals surface area (Å²) in [5, 5.41) is 20.8. The number of carbonyl (C=O) groups excluding carboxylic acids is 1. The molecule has 2 aromatic rings. The molecule has 3 N–H and O–H groups in total. The lowest BCUT2D eigenvalue weighted by Gasteiger charge is -2.09. The molecule has 0 bridgehead atoms. The molecule has 21 heavy (non-hydrogen) atoms. The zero-order valence-corrected chi connectivity index (χ0v) is 11.5. The van der Waals surface area contributed by atoms with Crippen LogP contribution in [0.25, 0.3) is 0 Å². The number of hydrogen-bond donors (Lipinski definition) is 3. The number of phenolic OH excluding ortho intramolecular Hbond substituents is 1. The lowest BCUT2D eigenvalue weighted by molar-refractivity contribution is -0.136. The second-order valence-electron chi connectivity index (χ2n) is 4.72. The molecule has 0 aliphatic carbocycles. The Balaban J connectivity index is 2.17. The number of phenols is 1. The van der Waals surface area contributed by atoms with E-state index in [0.717, 1.165) is 0 Å². The van der Waals surface area contributed by atoms with Crippen molar-refractivity contribution in [1.82, 2.24) is 0 Å². The molecule has 2 rings (SSSR count). The van der Waals surface area contributed by atoms with E-state index in [4.69, 9.17) is 5.11 Å². The monoisotopic (exact) mass is 285 g/mol. The zero-order chi connectivity index (χ0) is 15.4. The topological polar surface area (TPSA) is 86.6 Å². The first-order chi connectivity index (χ1) is 9.95. The van der Waals surface area contributed by atoms with Gasteiger partial charge in [0.05, 0.1) is 6.42 Å². The smallest absolute Gasteiger partial charge is 0.307 e. The number of carboxylic acid groups (broad SMARTS) is 1. The number of anilines is 1. The molecule has 0 aliphatic rings. The SMILES string of the molecule is Cc1cc(O)ccc1C(=O)Nc1cccc(CC(=O)O)c1. The van der Waals surface area contributed by atoms with Crippen LogP contribution >= 0.6 is 0 Å². The van der Waals surface area contributed by atoms with Crippen LogP contribution in [0.4, 0.5) is 5.69 Å². The summed E-state index contributed by atoms with van der Waals surface area (Å²) in [5.74, 6) is -1.12. The molecule has 0 saturated carbocycles. The summed E-state index contributed by atoms with van der Waals surface area (Å²) < 4.78 is 0. The highest BCUT2D eigenvalue weighted by molar-refractivity contribution is 6.05. The maximum absolute atomic E-state index is 12.2. The van der Waals surface area contributed by atoms with Gasteiger partial charge >= 0.3 is 5.97 Å². The fourth-order valence-electron chi connectivity index (χ4n) is 2.03. The Kier molecular flexibility index (Phi) is 4.23. The second kappa shape index (κ2) is 6.09. The summed E-state index contributed by atoms with van der Waals surface area (Å²) in [6, 6.07) is 11.2. The number of carbonyl (C=O) groups is 2. The number of aliphatic carboxylic acids is 1. The summed E-state index contributed by atoms with van der Waals surface area (Å²) in [4.78, 5) is 22.9. The summed E-state index contributed by atoms with van der Waals surface area (Å²) in [6.45, 7) is 1.73. The second-order valence-corrected chi connectivity index (χ2v) is 4.72. The van der Waals surface area contributed by atoms with Crippen molar-refractivity contribution in [3.63, 3.8) is 0 Å². The van der Waals surface area contributed by atoms with Gasteiger partial charge < -0.3 is 15.5 Å². The van der Waals surface area contributed by atoms with Gasteiger partial charge in [-0.2, -0.15) is 0 Å². The van der Waals surface area contributed by atoms with Gasteiger partial charge in [0.2, 0.25) is 0 Å². The zero-order valence-electron chi connectivity index (χ0n) is 11.5. The first kappa shape index (κ1) is 14.6. The molecule has 5 heteroatoms. The van der Waals surface area contributed by atoms with E-state index >= 15 is 0 Å². The predicted molar refractivity (Wildman–Crippen MR) is 78.6 cm³/mol. The van der Waals surface area contributed by atoms with E-state index in [-0.39, 0.29) is 18.1 Å². The van der Waals surface area contributed by atoms with E-state index in [9.17, 15) is 14.7 Å². The van der Waals surface area contributed by atoms with Gasteiger partial charge in [0.25, 0.3) is 5.91 Å². The minimum absolute atomic E-state index is 0.0953. The molecule has 108 valence electrons. The van der Waals surface area contributed by atoms with E-state index in [2.05, 4.69) is 5.32 Å². The Bertz CT molecular complexity index is 694. The molecule has 2 aromatic carbocycles. The standard InChI is InChI=1S/C16H15NO4/c1-10-7-13(18)5-6-14(10)16(21)17-12-4-2-3-11(8-12)9-15(19)20/h2-8,18H,9H2,1H3,(H,17,21)(H,19,20). The summed E-state index contributed by atoms with van der Waals surface area (Å²) in [7, 11) is 0. The normalized spacial score (nSPS) is 10.1. The third-order valence-corrected chi connectivity index (χ3v) is 2.99. The molecule has 0 spiro atoms. The lowest BCUT2D eigenvalue weighted by atomic mass is 10.1. The minimum Gasteiger partial charge on any atom is -0.508 e. The molecule has 0 aromatic heterocycles. The van der Waals surface area contributed by atoms with E-state index < -0.39 is 5.97 Å². The Hall–Kier alpha value is -2.82. The van der Waals surface area contributed by atoms with E-state index in [1.165, 1.54) is 12.1 Å². The van der Waals surface area contributed by atoms with E-state index in [1.807, 2.05) is 0 Å². The number of carboxylic acids is 1. The molecule has 1 amide bonds. The van der Waals surface area contributed by atoms with Crippen molar-refractivity contribution in [2.75, 3.05) is 5.32 Å². The highest BCUT2D eigenvalue weighted by Crippen LogP contribution is 2.18. The third kappa shape index (κ3) is 3.82. The van der Waals surface area contributed by atoms with Gasteiger partial charge in [-0.15, -0.1) is 0 Å². The Morgan fingerprint density at radius 2 is 1.90 bits per heavy atom. The number of nitrogens with one attached hydrogen (secondary N) is 1. The maximum atomic E-state index is 12.2. The Morgan fingerprint density at radius 3 is 2.57 bits per heavy atom. The van der Waals surface area contributed by atoms with Crippen LogP contribution in [0.15, 0.2) is 42.5 Å². The number of aromatic hydroxyl groups is 1. The molecule has 0 fully saturated rings. The maximum Gasteiger partial charge on any atom is 0.307 e. The lowest BCUT2D eigenvalue weighted by Crippen LogP contribution is -2.13. The van der Waals surface area contributed by atoms with Crippen molar-refractivity contribution in [3.8, 4) is 5.75 Å². The first-order valence-electron chi connectivity index (χ1n) is 6.37. The average molecular weight is 285 g/mol. The molecule has 0 atom stereocenters. The van der Waals surface area contributed by atoms with Crippen LogP contribution in [0.3, 0.4) is 0 Å². The number of aryl methyl sites for hydroxylation is 1. The van der Waals surface area contributed by atoms with Crippen LogP contribution in [0.2, 0.25) is 0 Å². The summed E-state index contributed by atoms with van der Waals surface area (Å²) >= 11 is 0. The van der Waals surface area contributed by atoms with Crippen LogP contribution in [0.1, 0.15) is 21.5 Å². The molecule has 0 heterocycles. The molecule has 0 aliphatic heterocycles. The van der Waals surface area contributed by atoms with Gasteiger partial charge in [-0.05, 0) is 48.4 Å². The summed E-state index contributed by atoms with van der Waals surface area (Å²) in [6.07, 6.45) is -0.0953. The van der Waals surface area contributed by atoms with Crippen molar-refractivity contribution in [1.29, 1.82) is 0 Å². The van der Waals surface area contributed by atoms with Gasteiger partial charge in [-0.25, -0.2) is 0 Å². The Labute approximate surface area is 121 Å². The van der Waals surface area contributed by atoms with Gasteiger partial charge in [-0.3, -0.25) is 9.59 Å². The van der Waals surface area contributed by atoms with Crippen molar-refractivity contribution < 1.29 is 19.8 Å². The number of amides is 1. The fourth-order valence-corrected chi connectivity index (χ4v) is 2.03. The Morgan fingerprint density at radius 1 is 1.14 bits per heavy atom. The van der Waals surface area contributed by atoms with E-state index in [1.54, 1.807) is 37.3 Å². The molecular weight excluding hydrogens is 270 g/mol. The van der Waals surface area contributed by atoms with Crippen LogP contribution in [0, 0.1) is 6.92 Å². The van der Waals surface area contributed by atoms with E-state index in [0.29, 0.717) is 22.4 Å². The summed E-state index contributed by atoms with van der Waals surface area (Å²) in [5.41, 5.74) is 2.26. The van der Waals surface area contributed by atoms with Crippen molar-refractivity contribution in [2.24, 2.45) is 0 Å². The van der Waals surface area contributed by atoms with Gasteiger partial charge in [0.15, 0.2) is 0 Å². The fraction of sp³-hybridized carbons (Fsp3) is 0.125. The van der Waals surface area contributed by atoms with Gasteiger partial charge in [-0.1, -0.05) is 12.1 Å². The van der Waals surface area contributed by atoms with Crippen molar-refractivity contribution in [2.45, 2.75) is 13.3 Å². The largest absolute Gasteiger partial charge is 0.508 e. The number of benzene rings is 2. The first-order valence-corrected chi connectivity index (χ1v) is 6.37. The molecule has 5 nitrogen and oxygen atoms in total. The van der Waals surface area contributed by atoms with Crippen LogP contribution in [0.5, 0.6) is 5.75 Å². The van der Waals surface area contributed by atoms with Crippen LogP contribution < -0.4 is 5.32 Å². The van der Waals surface area contributed by atoms with Crippen LogP contribution in [-0.4, -0.2) is 22.1 Å². The minimum atomic E-state index is -0.923. The number of hydrogen-bond acceptors (Lipinski definition) is 3. The molecule has 0 unspecified atom stereocenters. The third-order valence-electron chi connectivity index (χ3n) is 2.99. The highest BCUT2D eigenvalue weighted by Gasteiger charge is 2.10. The van der Waals surface area contributed by atoms with Gasteiger partial charge in [0, 0.05) is 11.3 Å². The highest BCUT2D eigenvalue weighted by atomic mass is 16.4. The van der Waals surface area contributed by atoms with Crippen molar-refractivity contribution >= 4 is 17.6 Å². The molecular formula is C16H15NO4. The average Bonchev–Trinajstić information content (AvgIpc) is 2.37. The molecule has 0 saturated heterocycles. The molecule has 0 radical (unpaired) electrons. The van der Waals surface area contributed by atoms with Crippen LogP contribution in [-0.2, 0) is 11.2 Å². The quantitative estimate of drug-likeness (QED) is 0.805. The van der Waals surface area contributed by atoms with Gasteiger partial charge in [0.1, 0.15) is 5.75 Å². The van der Waals surface area contributed by atoms with Crippen molar-refractivity contribution in [3.05, 3.63) is 59.2 Å². The number of rotatable bonds is 4.